The maximum absolute atomic E-state index is 9.70. The van der Waals surface area contributed by atoms with E-state index in [9.17, 15) is 10.4 Å². The Morgan fingerprint density at radius 1 is 1.30 bits per heavy atom. The largest absolute Gasteiger partial charge is 0.492 e. The molecule has 0 spiro atoms. The second-order valence-electron chi connectivity index (χ2n) is 7.57. The lowest BCUT2D eigenvalue weighted by atomic mass is 9.88. The van der Waals surface area contributed by atoms with E-state index in [1.807, 2.05) is 38.4 Å². The number of hydrogen-bond acceptors (Lipinski definition) is 7. The van der Waals surface area contributed by atoms with Gasteiger partial charge in [-0.15, -0.1) is 0 Å². The van der Waals surface area contributed by atoms with Gasteiger partial charge >= 0.3 is 0 Å². The van der Waals surface area contributed by atoms with Crippen LogP contribution in [0, 0.1) is 11.3 Å². The maximum atomic E-state index is 9.70. The molecule has 1 fully saturated rings. The van der Waals surface area contributed by atoms with E-state index in [1.165, 1.54) is 0 Å². The standard InChI is InChI=1S/C22H26N6O2/c1-3-30-18-10-19(21-17(11-23)13-26-28(21)14-18)16-4-5-20(25-12-16)27-8-6-22(15-29,24-2)7-9-27/h4-5,10,12-14,24,29H,3,6-9,15H2,1-2H3. The van der Waals surface area contributed by atoms with Crippen LogP contribution in [0.4, 0.5) is 5.82 Å². The average Bonchev–Trinajstić information content (AvgIpc) is 3.22. The van der Waals surface area contributed by atoms with Crippen LogP contribution in [0.1, 0.15) is 25.3 Å². The molecule has 0 atom stereocenters. The number of nitriles is 1. The van der Waals surface area contributed by atoms with Gasteiger partial charge in [0.2, 0.25) is 0 Å². The SMILES string of the molecule is CCOc1cc(-c2ccc(N3CCC(CO)(NC)CC3)nc2)c2c(C#N)cnn2c1. The van der Waals surface area contributed by atoms with Crippen LogP contribution >= 0.6 is 0 Å². The van der Waals surface area contributed by atoms with Crippen molar-refractivity contribution >= 4 is 11.3 Å². The number of fused-ring (bicyclic) bond motifs is 1. The summed E-state index contributed by atoms with van der Waals surface area (Å²) in [5, 5.41) is 26.7. The zero-order valence-electron chi connectivity index (χ0n) is 17.3. The Morgan fingerprint density at radius 3 is 2.70 bits per heavy atom. The van der Waals surface area contributed by atoms with Crippen molar-refractivity contribution in [3.63, 3.8) is 0 Å². The molecule has 0 aliphatic carbocycles. The number of anilines is 1. The van der Waals surface area contributed by atoms with Gasteiger partial charge in [0.1, 0.15) is 17.6 Å². The number of aliphatic hydroxyl groups excluding tert-OH is 1. The molecule has 0 amide bonds. The van der Waals surface area contributed by atoms with E-state index < -0.39 is 0 Å². The molecule has 0 bridgehead atoms. The minimum Gasteiger partial charge on any atom is -0.492 e. The summed E-state index contributed by atoms with van der Waals surface area (Å²) in [5.74, 6) is 1.60. The van der Waals surface area contributed by atoms with E-state index in [2.05, 4.69) is 21.4 Å². The summed E-state index contributed by atoms with van der Waals surface area (Å²) in [6.45, 7) is 4.29. The number of nitrogens with one attached hydrogen (secondary N) is 1. The second kappa shape index (κ2) is 8.30. The first-order valence-corrected chi connectivity index (χ1v) is 10.2. The van der Waals surface area contributed by atoms with Gasteiger partial charge in [-0.05, 0) is 45.0 Å². The summed E-state index contributed by atoms with van der Waals surface area (Å²) in [5.41, 5.74) is 2.83. The minimum atomic E-state index is -0.197. The molecule has 8 nitrogen and oxygen atoms in total. The molecule has 30 heavy (non-hydrogen) atoms. The van der Waals surface area contributed by atoms with Crippen LogP contribution in [0.25, 0.3) is 16.6 Å². The number of ether oxygens (including phenoxy) is 1. The molecule has 0 aromatic carbocycles. The predicted octanol–water partition coefficient (Wildman–Crippen LogP) is 2.22. The molecular weight excluding hydrogens is 380 g/mol. The van der Waals surface area contributed by atoms with Crippen LogP contribution in [-0.4, -0.2) is 58.6 Å². The molecule has 1 aliphatic rings. The van der Waals surface area contributed by atoms with Gasteiger partial charge in [0, 0.05) is 36.0 Å². The summed E-state index contributed by atoms with van der Waals surface area (Å²) < 4.78 is 7.36. The summed E-state index contributed by atoms with van der Waals surface area (Å²) in [6.07, 6.45) is 6.91. The molecule has 3 aromatic rings. The van der Waals surface area contributed by atoms with Crippen LogP contribution < -0.4 is 15.0 Å². The van der Waals surface area contributed by atoms with E-state index >= 15 is 0 Å². The Kier molecular flexibility index (Phi) is 5.57. The lowest BCUT2D eigenvalue weighted by Gasteiger charge is -2.41. The van der Waals surface area contributed by atoms with Gasteiger partial charge < -0.3 is 20.1 Å². The second-order valence-corrected chi connectivity index (χ2v) is 7.57. The molecule has 0 unspecified atom stereocenters. The van der Waals surface area contributed by atoms with Crippen LogP contribution in [-0.2, 0) is 0 Å². The van der Waals surface area contributed by atoms with E-state index in [4.69, 9.17) is 9.72 Å². The fourth-order valence-corrected chi connectivity index (χ4v) is 4.03. The van der Waals surface area contributed by atoms with Gasteiger partial charge in [-0.3, -0.25) is 0 Å². The average molecular weight is 406 g/mol. The summed E-state index contributed by atoms with van der Waals surface area (Å²) in [4.78, 5) is 6.93. The topological polar surface area (TPSA) is 98.7 Å². The lowest BCUT2D eigenvalue weighted by Crippen LogP contribution is -2.54. The fourth-order valence-electron chi connectivity index (χ4n) is 4.03. The van der Waals surface area contributed by atoms with Crippen molar-refractivity contribution in [3.05, 3.63) is 42.4 Å². The highest BCUT2D eigenvalue weighted by Gasteiger charge is 2.32. The number of aliphatic hydroxyl groups is 1. The molecule has 156 valence electrons. The third kappa shape index (κ3) is 3.58. The molecule has 1 saturated heterocycles. The molecule has 0 radical (unpaired) electrons. The molecular formula is C22H26N6O2. The van der Waals surface area contributed by atoms with Gasteiger partial charge in [-0.1, -0.05) is 0 Å². The van der Waals surface area contributed by atoms with Gasteiger partial charge in [0.15, 0.2) is 0 Å². The number of hydrogen-bond donors (Lipinski definition) is 2. The molecule has 2 N–H and O–H groups in total. The highest BCUT2D eigenvalue weighted by molar-refractivity contribution is 5.85. The van der Waals surface area contributed by atoms with Crippen LogP contribution in [0.2, 0.25) is 0 Å². The van der Waals surface area contributed by atoms with Gasteiger partial charge in [-0.25, -0.2) is 9.50 Å². The maximum Gasteiger partial charge on any atom is 0.138 e. The minimum absolute atomic E-state index is 0.141. The van der Waals surface area contributed by atoms with Crippen molar-refractivity contribution in [2.75, 3.05) is 38.3 Å². The Bertz CT molecular complexity index is 1060. The van der Waals surface area contributed by atoms with Crippen molar-refractivity contribution in [2.45, 2.75) is 25.3 Å². The third-order valence-electron chi connectivity index (χ3n) is 5.95. The first-order chi connectivity index (χ1) is 14.6. The fraction of sp³-hybridized carbons (Fsp3) is 0.409. The Labute approximate surface area is 175 Å². The van der Waals surface area contributed by atoms with Crippen LogP contribution in [0.3, 0.4) is 0 Å². The van der Waals surface area contributed by atoms with Crippen LogP contribution in [0.5, 0.6) is 5.75 Å². The van der Waals surface area contributed by atoms with E-state index in [-0.39, 0.29) is 12.1 Å². The number of rotatable bonds is 6. The summed E-state index contributed by atoms with van der Waals surface area (Å²) in [6, 6.07) is 8.17. The van der Waals surface area contributed by atoms with Gasteiger partial charge in [0.05, 0.1) is 36.7 Å². The van der Waals surface area contributed by atoms with E-state index in [0.717, 1.165) is 48.4 Å². The Hall–Kier alpha value is -3.15. The van der Waals surface area contributed by atoms with Crippen molar-refractivity contribution in [2.24, 2.45) is 0 Å². The zero-order chi connectivity index (χ0) is 21.1. The van der Waals surface area contributed by atoms with Gasteiger partial charge in [-0.2, -0.15) is 10.4 Å². The number of likely N-dealkylation sites (N-methyl/N-ethyl adjacent to an activating group) is 1. The molecule has 8 heteroatoms. The first-order valence-electron chi connectivity index (χ1n) is 10.2. The van der Waals surface area contributed by atoms with E-state index in [0.29, 0.717) is 17.9 Å². The molecule has 3 aromatic heterocycles. The first kappa shape index (κ1) is 20.1. The van der Waals surface area contributed by atoms with Crippen molar-refractivity contribution in [1.82, 2.24) is 19.9 Å². The van der Waals surface area contributed by atoms with Crippen molar-refractivity contribution < 1.29 is 9.84 Å². The van der Waals surface area contributed by atoms with Crippen molar-refractivity contribution in [3.8, 4) is 22.9 Å². The summed E-state index contributed by atoms with van der Waals surface area (Å²) in [7, 11) is 1.90. The van der Waals surface area contributed by atoms with Crippen LogP contribution in [0.15, 0.2) is 36.8 Å². The molecule has 4 heterocycles. The monoisotopic (exact) mass is 406 g/mol. The predicted molar refractivity (Wildman–Crippen MR) is 115 cm³/mol. The molecule has 1 aliphatic heterocycles. The molecule has 0 saturated carbocycles. The number of nitrogens with zero attached hydrogens (tertiary/aromatic N) is 5. The number of aromatic nitrogens is 3. The third-order valence-corrected chi connectivity index (χ3v) is 5.95. The lowest BCUT2D eigenvalue weighted by molar-refractivity contribution is 0.142. The van der Waals surface area contributed by atoms with E-state index in [1.54, 1.807) is 16.9 Å². The highest BCUT2D eigenvalue weighted by atomic mass is 16.5. The molecule has 4 rings (SSSR count). The van der Waals surface area contributed by atoms with Gasteiger partial charge in [0.25, 0.3) is 0 Å². The quantitative estimate of drug-likeness (QED) is 0.648. The number of pyridine rings is 2. The van der Waals surface area contributed by atoms with Crippen molar-refractivity contribution in [1.29, 1.82) is 5.26 Å². The zero-order valence-corrected chi connectivity index (χ0v) is 17.3. The summed E-state index contributed by atoms with van der Waals surface area (Å²) >= 11 is 0. The number of piperidine rings is 1. The normalized spacial score (nSPS) is 15.9. The smallest absolute Gasteiger partial charge is 0.138 e. The Morgan fingerprint density at radius 2 is 2.10 bits per heavy atom. The Balaban J connectivity index is 1.64. The highest BCUT2D eigenvalue weighted by Crippen LogP contribution is 2.32.